The van der Waals surface area contributed by atoms with Crippen molar-refractivity contribution in [3.8, 4) is 0 Å². The van der Waals surface area contributed by atoms with Crippen LogP contribution in [0.25, 0.3) is 0 Å². The van der Waals surface area contributed by atoms with Gasteiger partial charge in [-0.15, -0.1) is 11.6 Å². The fraction of sp³-hybridized carbons (Fsp3) is 0.571. The van der Waals surface area contributed by atoms with Gasteiger partial charge in [0.15, 0.2) is 0 Å². The van der Waals surface area contributed by atoms with E-state index in [1.54, 1.807) is 0 Å². The fourth-order valence-electron chi connectivity index (χ4n) is 1.80. The standard InChI is InChI=1S/C14H19BrClNO/c1-17(6-7-18-10-11-2-3-11)14-5-4-12(9-16)8-13(14)15/h4-5,8,11H,2-3,6-7,9-10H2,1H3. The van der Waals surface area contributed by atoms with Crippen LogP contribution in [-0.2, 0) is 10.6 Å². The molecule has 0 N–H and O–H groups in total. The van der Waals surface area contributed by atoms with Crippen molar-refractivity contribution in [1.29, 1.82) is 0 Å². The minimum absolute atomic E-state index is 0.549. The van der Waals surface area contributed by atoms with Crippen LogP contribution < -0.4 is 4.90 Å². The van der Waals surface area contributed by atoms with Crippen LogP contribution in [0.5, 0.6) is 0 Å². The van der Waals surface area contributed by atoms with Crippen molar-refractivity contribution < 1.29 is 4.74 Å². The summed E-state index contributed by atoms with van der Waals surface area (Å²) >= 11 is 9.40. The molecular weight excluding hydrogens is 314 g/mol. The number of likely N-dealkylation sites (N-methyl/N-ethyl adjacent to an activating group) is 1. The second-order valence-corrected chi connectivity index (χ2v) is 5.98. The summed E-state index contributed by atoms with van der Waals surface area (Å²) in [6, 6.07) is 6.24. The normalized spacial score (nSPS) is 14.8. The van der Waals surface area contributed by atoms with E-state index < -0.39 is 0 Å². The van der Waals surface area contributed by atoms with Gasteiger partial charge in [-0.05, 0) is 52.4 Å². The Morgan fingerprint density at radius 3 is 2.83 bits per heavy atom. The number of rotatable bonds is 7. The van der Waals surface area contributed by atoms with E-state index in [2.05, 4.69) is 46.1 Å². The average molecular weight is 333 g/mol. The van der Waals surface area contributed by atoms with E-state index in [4.69, 9.17) is 16.3 Å². The third kappa shape index (κ3) is 4.15. The van der Waals surface area contributed by atoms with Gasteiger partial charge in [-0.25, -0.2) is 0 Å². The van der Waals surface area contributed by atoms with Crippen LogP contribution in [0.1, 0.15) is 18.4 Å². The minimum Gasteiger partial charge on any atom is -0.379 e. The van der Waals surface area contributed by atoms with Crippen molar-refractivity contribution >= 4 is 33.2 Å². The number of ether oxygens (including phenoxy) is 1. The number of halogens is 2. The van der Waals surface area contributed by atoms with E-state index in [1.807, 2.05) is 0 Å². The monoisotopic (exact) mass is 331 g/mol. The fourth-order valence-corrected chi connectivity index (χ4v) is 2.69. The van der Waals surface area contributed by atoms with Gasteiger partial charge in [0.25, 0.3) is 0 Å². The highest BCUT2D eigenvalue weighted by Crippen LogP contribution is 2.29. The Bertz CT molecular complexity index is 395. The van der Waals surface area contributed by atoms with Crippen LogP contribution in [0.15, 0.2) is 22.7 Å². The molecule has 0 radical (unpaired) electrons. The first kappa shape index (κ1) is 14.2. The molecule has 100 valence electrons. The van der Waals surface area contributed by atoms with Crippen LogP contribution in [0.2, 0.25) is 0 Å². The Morgan fingerprint density at radius 2 is 2.22 bits per heavy atom. The maximum absolute atomic E-state index is 5.81. The first-order chi connectivity index (χ1) is 8.70. The molecule has 1 aliphatic rings. The zero-order valence-corrected chi connectivity index (χ0v) is 13.0. The summed E-state index contributed by atoms with van der Waals surface area (Å²) in [5.41, 5.74) is 2.31. The molecule has 0 bridgehead atoms. The minimum atomic E-state index is 0.549. The van der Waals surface area contributed by atoms with Gasteiger partial charge in [-0.1, -0.05) is 6.07 Å². The van der Waals surface area contributed by atoms with E-state index >= 15 is 0 Å². The number of benzene rings is 1. The second-order valence-electron chi connectivity index (χ2n) is 4.86. The lowest BCUT2D eigenvalue weighted by Gasteiger charge is -2.21. The van der Waals surface area contributed by atoms with Crippen LogP contribution in [-0.4, -0.2) is 26.8 Å². The molecule has 0 saturated heterocycles. The molecule has 1 aromatic rings. The molecular formula is C14H19BrClNO. The van der Waals surface area contributed by atoms with E-state index in [1.165, 1.54) is 18.5 Å². The predicted molar refractivity (Wildman–Crippen MR) is 80.5 cm³/mol. The lowest BCUT2D eigenvalue weighted by Crippen LogP contribution is -2.23. The Labute approximate surface area is 122 Å². The molecule has 0 aliphatic heterocycles. The number of alkyl halides is 1. The molecule has 2 rings (SSSR count). The molecule has 4 heteroatoms. The smallest absolute Gasteiger partial charge is 0.0641 e. The lowest BCUT2D eigenvalue weighted by atomic mass is 10.2. The maximum atomic E-state index is 5.81. The van der Waals surface area contributed by atoms with Crippen LogP contribution >= 0.6 is 27.5 Å². The highest BCUT2D eigenvalue weighted by atomic mass is 79.9. The highest BCUT2D eigenvalue weighted by molar-refractivity contribution is 9.10. The van der Waals surface area contributed by atoms with Crippen molar-refractivity contribution in [2.45, 2.75) is 18.7 Å². The molecule has 1 aliphatic carbocycles. The molecule has 2 nitrogen and oxygen atoms in total. The van der Waals surface area contributed by atoms with E-state index in [-0.39, 0.29) is 0 Å². The molecule has 1 aromatic carbocycles. The quantitative estimate of drug-likeness (QED) is 0.552. The van der Waals surface area contributed by atoms with E-state index in [0.717, 1.165) is 35.7 Å². The number of anilines is 1. The van der Waals surface area contributed by atoms with Gasteiger partial charge in [0, 0.05) is 30.6 Å². The Balaban J connectivity index is 1.81. The second kappa shape index (κ2) is 6.78. The summed E-state index contributed by atoms with van der Waals surface area (Å²) in [4.78, 5) is 2.20. The van der Waals surface area contributed by atoms with Gasteiger partial charge in [-0.2, -0.15) is 0 Å². The number of hydrogen-bond donors (Lipinski definition) is 0. The van der Waals surface area contributed by atoms with Gasteiger partial charge in [-0.3, -0.25) is 0 Å². The average Bonchev–Trinajstić information content (AvgIpc) is 3.18. The highest BCUT2D eigenvalue weighted by Gasteiger charge is 2.21. The van der Waals surface area contributed by atoms with Gasteiger partial charge in [0.1, 0.15) is 0 Å². The van der Waals surface area contributed by atoms with Crippen molar-refractivity contribution in [2.24, 2.45) is 5.92 Å². The van der Waals surface area contributed by atoms with Crippen LogP contribution in [0.3, 0.4) is 0 Å². The zero-order valence-electron chi connectivity index (χ0n) is 10.7. The van der Waals surface area contributed by atoms with Crippen molar-refractivity contribution in [2.75, 3.05) is 31.7 Å². The lowest BCUT2D eigenvalue weighted by molar-refractivity contribution is 0.131. The number of nitrogens with zero attached hydrogens (tertiary/aromatic N) is 1. The summed E-state index contributed by atoms with van der Waals surface area (Å²) in [5.74, 6) is 1.39. The summed E-state index contributed by atoms with van der Waals surface area (Å²) in [6.07, 6.45) is 2.70. The van der Waals surface area contributed by atoms with Crippen molar-refractivity contribution in [1.82, 2.24) is 0 Å². The van der Waals surface area contributed by atoms with E-state index in [0.29, 0.717) is 5.88 Å². The number of hydrogen-bond acceptors (Lipinski definition) is 2. The van der Waals surface area contributed by atoms with Gasteiger partial charge in [0.2, 0.25) is 0 Å². The van der Waals surface area contributed by atoms with Crippen LogP contribution in [0.4, 0.5) is 5.69 Å². The van der Waals surface area contributed by atoms with E-state index in [9.17, 15) is 0 Å². The Hall–Kier alpha value is -0.250. The molecule has 0 atom stereocenters. The molecule has 0 unspecified atom stereocenters. The van der Waals surface area contributed by atoms with Gasteiger partial charge < -0.3 is 9.64 Å². The molecule has 18 heavy (non-hydrogen) atoms. The molecule has 0 heterocycles. The Morgan fingerprint density at radius 1 is 1.44 bits per heavy atom. The molecule has 1 saturated carbocycles. The van der Waals surface area contributed by atoms with Crippen molar-refractivity contribution in [3.63, 3.8) is 0 Å². The summed E-state index contributed by atoms with van der Waals surface area (Å²) < 4.78 is 6.74. The topological polar surface area (TPSA) is 12.5 Å². The first-order valence-electron chi connectivity index (χ1n) is 6.34. The maximum Gasteiger partial charge on any atom is 0.0641 e. The van der Waals surface area contributed by atoms with Gasteiger partial charge in [0.05, 0.1) is 12.3 Å². The SMILES string of the molecule is CN(CCOCC1CC1)c1ccc(CCl)cc1Br. The molecule has 0 spiro atoms. The third-order valence-corrected chi connectivity index (χ3v) is 4.14. The van der Waals surface area contributed by atoms with Crippen LogP contribution in [0, 0.1) is 5.92 Å². The van der Waals surface area contributed by atoms with Crippen molar-refractivity contribution in [3.05, 3.63) is 28.2 Å². The molecule has 0 amide bonds. The summed E-state index contributed by atoms with van der Waals surface area (Å²) in [7, 11) is 2.08. The largest absolute Gasteiger partial charge is 0.379 e. The first-order valence-corrected chi connectivity index (χ1v) is 7.66. The zero-order chi connectivity index (χ0) is 13.0. The summed E-state index contributed by atoms with van der Waals surface area (Å²) in [5, 5.41) is 0. The summed E-state index contributed by atoms with van der Waals surface area (Å²) in [6.45, 7) is 2.63. The molecule has 0 aromatic heterocycles. The molecule has 1 fully saturated rings. The van der Waals surface area contributed by atoms with Gasteiger partial charge >= 0.3 is 0 Å². The Kier molecular flexibility index (Phi) is 5.34. The predicted octanol–water partition coefficient (Wildman–Crippen LogP) is 4.05. The third-order valence-electron chi connectivity index (χ3n) is 3.20.